The van der Waals surface area contributed by atoms with Crippen molar-refractivity contribution in [3.8, 4) is 11.3 Å². The second kappa shape index (κ2) is 6.98. The number of thiophene rings is 1. The van der Waals surface area contributed by atoms with E-state index in [2.05, 4.69) is 46.5 Å². The SMILES string of the molecule is Cc1ccc(-c2csc(SCc3nc4sc(C)c(C)c4c(=O)[nH]3)n2)cc1. The third kappa shape index (κ3) is 3.34. The maximum atomic E-state index is 12.4. The second-order valence-electron chi connectivity index (χ2n) is 6.13. The summed E-state index contributed by atoms with van der Waals surface area (Å²) in [4.78, 5) is 26.5. The van der Waals surface area contributed by atoms with Crippen LogP contribution in [0, 0.1) is 20.8 Å². The first-order chi connectivity index (χ1) is 12.5. The molecule has 1 aromatic carbocycles. The van der Waals surface area contributed by atoms with E-state index < -0.39 is 0 Å². The van der Waals surface area contributed by atoms with Gasteiger partial charge in [0.1, 0.15) is 10.7 Å². The van der Waals surface area contributed by atoms with Crippen LogP contribution in [0.2, 0.25) is 0 Å². The summed E-state index contributed by atoms with van der Waals surface area (Å²) >= 11 is 4.79. The largest absolute Gasteiger partial charge is 0.309 e. The van der Waals surface area contributed by atoms with Crippen LogP contribution in [0.4, 0.5) is 0 Å². The van der Waals surface area contributed by atoms with E-state index >= 15 is 0 Å². The highest BCUT2D eigenvalue weighted by molar-refractivity contribution is 8.00. The second-order valence-corrected chi connectivity index (χ2v) is 9.41. The molecule has 0 saturated heterocycles. The lowest BCUT2D eigenvalue weighted by Gasteiger charge is -2.00. The van der Waals surface area contributed by atoms with Crippen LogP contribution in [0.15, 0.2) is 38.8 Å². The highest BCUT2D eigenvalue weighted by Gasteiger charge is 2.12. The van der Waals surface area contributed by atoms with Crippen molar-refractivity contribution in [3.05, 3.63) is 61.8 Å². The lowest BCUT2D eigenvalue weighted by atomic mass is 10.1. The number of thiazole rings is 1. The number of rotatable bonds is 4. The van der Waals surface area contributed by atoms with Gasteiger partial charge in [0.2, 0.25) is 0 Å². The zero-order valence-electron chi connectivity index (χ0n) is 14.6. The van der Waals surface area contributed by atoms with E-state index in [0.29, 0.717) is 11.6 Å². The van der Waals surface area contributed by atoms with Crippen molar-refractivity contribution in [2.24, 2.45) is 0 Å². The Balaban J connectivity index is 1.53. The average Bonchev–Trinajstić information content (AvgIpc) is 3.19. The van der Waals surface area contributed by atoms with Crippen LogP contribution in [0.5, 0.6) is 0 Å². The van der Waals surface area contributed by atoms with Gasteiger partial charge >= 0.3 is 0 Å². The average molecular weight is 400 g/mol. The molecular weight excluding hydrogens is 382 g/mol. The van der Waals surface area contributed by atoms with Crippen LogP contribution in [0.25, 0.3) is 21.5 Å². The van der Waals surface area contributed by atoms with E-state index in [1.54, 1.807) is 34.4 Å². The van der Waals surface area contributed by atoms with Crippen LogP contribution in [-0.4, -0.2) is 15.0 Å². The van der Waals surface area contributed by atoms with E-state index in [4.69, 9.17) is 4.98 Å². The van der Waals surface area contributed by atoms with Gasteiger partial charge < -0.3 is 4.98 Å². The van der Waals surface area contributed by atoms with Gasteiger partial charge in [0.05, 0.1) is 16.8 Å². The number of hydrogen-bond acceptors (Lipinski definition) is 6. The van der Waals surface area contributed by atoms with Crippen molar-refractivity contribution in [2.75, 3.05) is 0 Å². The van der Waals surface area contributed by atoms with Gasteiger partial charge in [0.25, 0.3) is 5.56 Å². The van der Waals surface area contributed by atoms with Crippen molar-refractivity contribution in [2.45, 2.75) is 30.9 Å². The number of aryl methyl sites for hydroxylation is 3. The lowest BCUT2D eigenvalue weighted by Crippen LogP contribution is -2.10. The fourth-order valence-electron chi connectivity index (χ4n) is 2.68. The van der Waals surface area contributed by atoms with Crippen LogP contribution < -0.4 is 5.56 Å². The molecule has 0 spiro atoms. The predicted octanol–water partition coefficient (Wildman–Crippen LogP) is 5.33. The number of H-pyrrole nitrogens is 1. The third-order valence-electron chi connectivity index (χ3n) is 4.25. The molecule has 3 heterocycles. The predicted molar refractivity (Wildman–Crippen MR) is 112 cm³/mol. The number of nitrogens with one attached hydrogen (secondary N) is 1. The molecular formula is C19H17N3OS3. The Morgan fingerprint density at radius 1 is 1.12 bits per heavy atom. The number of aromatic amines is 1. The zero-order valence-corrected chi connectivity index (χ0v) is 17.1. The number of aromatic nitrogens is 3. The van der Waals surface area contributed by atoms with E-state index in [9.17, 15) is 4.79 Å². The number of thioether (sulfide) groups is 1. The Morgan fingerprint density at radius 3 is 2.65 bits per heavy atom. The molecule has 132 valence electrons. The number of benzene rings is 1. The van der Waals surface area contributed by atoms with Gasteiger partial charge in [-0.05, 0) is 26.3 Å². The van der Waals surface area contributed by atoms with Gasteiger partial charge in [0, 0.05) is 15.8 Å². The quantitative estimate of drug-likeness (QED) is 0.472. The first kappa shape index (κ1) is 17.5. The molecule has 0 radical (unpaired) electrons. The van der Waals surface area contributed by atoms with Crippen molar-refractivity contribution < 1.29 is 0 Å². The van der Waals surface area contributed by atoms with Crippen LogP contribution in [0.1, 0.15) is 21.8 Å². The summed E-state index contributed by atoms with van der Waals surface area (Å²) in [6.45, 7) is 6.08. The summed E-state index contributed by atoms with van der Waals surface area (Å²) in [5.41, 5.74) is 4.32. The topological polar surface area (TPSA) is 58.6 Å². The monoisotopic (exact) mass is 399 g/mol. The maximum absolute atomic E-state index is 12.4. The van der Waals surface area contributed by atoms with Crippen LogP contribution in [0.3, 0.4) is 0 Å². The van der Waals surface area contributed by atoms with E-state index in [1.165, 1.54) is 5.56 Å². The van der Waals surface area contributed by atoms with Crippen molar-refractivity contribution >= 4 is 44.7 Å². The molecule has 0 fully saturated rings. The molecule has 4 rings (SSSR count). The highest BCUT2D eigenvalue weighted by Crippen LogP contribution is 2.31. The Bertz CT molecular complexity index is 1140. The van der Waals surface area contributed by atoms with Crippen LogP contribution >= 0.6 is 34.4 Å². The number of nitrogens with zero attached hydrogens (tertiary/aromatic N) is 2. The molecule has 0 aliphatic heterocycles. The number of hydrogen-bond donors (Lipinski definition) is 1. The molecule has 0 aliphatic rings. The van der Waals surface area contributed by atoms with Gasteiger partial charge in [-0.2, -0.15) is 0 Å². The Labute approximate surface area is 163 Å². The van der Waals surface area contributed by atoms with Gasteiger partial charge in [-0.1, -0.05) is 41.6 Å². The Morgan fingerprint density at radius 2 is 1.88 bits per heavy atom. The molecule has 4 aromatic rings. The van der Waals surface area contributed by atoms with Crippen LogP contribution in [-0.2, 0) is 5.75 Å². The lowest BCUT2D eigenvalue weighted by molar-refractivity contribution is 1.04. The molecule has 0 saturated carbocycles. The molecule has 3 aromatic heterocycles. The van der Waals surface area contributed by atoms with Crippen molar-refractivity contribution in [1.82, 2.24) is 15.0 Å². The third-order valence-corrected chi connectivity index (χ3v) is 7.38. The van der Waals surface area contributed by atoms with E-state index in [1.807, 2.05) is 13.8 Å². The maximum Gasteiger partial charge on any atom is 0.259 e. The molecule has 0 amide bonds. The zero-order chi connectivity index (χ0) is 18.3. The fraction of sp³-hybridized carbons (Fsp3) is 0.211. The fourth-order valence-corrected chi connectivity index (χ4v) is 5.43. The van der Waals surface area contributed by atoms with E-state index in [0.717, 1.165) is 36.3 Å². The molecule has 26 heavy (non-hydrogen) atoms. The molecule has 1 N–H and O–H groups in total. The first-order valence-electron chi connectivity index (χ1n) is 8.15. The summed E-state index contributed by atoms with van der Waals surface area (Å²) in [7, 11) is 0. The van der Waals surface area contributed by atoms with Crippen molar-refractivity contribution in [3.63, 3.8) is 0 Å². The van der Waals surface area contributed by atoms with Crippen molar-refractivity contribution in [1.29, 1.82) is 0 Å². The number of fused-ring (bicyclic) bond motifs is 1. The molecule has 7 heteroatoms. The molecule has 4 nitrogen and oxygen atoms in total. The Hall–Kier alpha value is -1.96. The molecule has 0 unspecified atom stereocenters. The minimum absolute atomic E-state index is 0.0491. The normalized spacial score (nSPS) is 11.3. The van der Waals surface area contributed by atoms with E-state index in [-0.39, 0.29) is 5.56 Å². The molecule has 0 bridgehead atoms. The summed E-state index contributed by atoms with van der Waals surface area (Å²) < 4.78 is 0.974. The first-order valence-corrected chi connectivity index (χ1v) is 10.8. The summed E-state index contributed by atoms with van der Waals surface area (Å²) in [6, 6.07) is 8.37. The van der Waals surface area contributed by atoms with Gasteiger partial charge in [-0.15, -0.1) is 22.7 Å². The van der Waals surface area contributed by atoms with Gasteiger partial charge in [-0.25, -0.2) is 9.97 Å². The highest BCUT2D eigenvalue weighted by atomic mass is 32.2. The van der Waals surface area contributed by atoms with Gasteiger partial charge in [-0.3, -0.25) is 4.79 Å². The van der Waals surface area contributed by atoms with Gasteiger partial charge in [0.15, 0.2) is 4.34 Å². The summed E-state index contributed by atoms with van der Waals surface area (Å²) in [5, 5.41) is 2.79. The smallest absolute Gasteiger partial charge is 0.259 e. The minimum atomic E-state index is -0.0491. The summed E-state index contributed by atoms with van der Waals surface area (Å²) in [5.74, 6) is 1.29. The standard InChI is InChI=1S/C19H17N3OS3/c1-10-4-6-13(7-5-10)14-8-24-19(20-14)25-9-15-21-17(23)16-11(2)12(3)26-18(16)22-15/h4-8H,9H2,1-3H3,(H,21,22,23). The molecule has 0 aliphatic carbocycles. The molecule has 0 atom stereocenters. The summed E-state index contributed by atoms with van der Waals surface area (Å²) in [6.07, 6.45) is 0. The Kier molecular flexibility index (Phi) is 4.69. The minimum Gasteiger partial charge on any atom is -0.309 e.